The minimum absolute atomic E-state index is 0.0868. The summed E-state index contributed by atoms with van der Waals surface area (Å²) in [6.45, 7) is 7.63. The Balaban J connectivity index is 3.64. The topological polar surface area (TPSA) is 64.3 Å². The average molecular weight is 216 g/mol. The Labute approximate surface area is 92.6 Å². The zero-order valence-corrected chi connectivity index (χ0v) is 10.3. The largest absolute Gasteiger partial charge is 0.385 e. The van der Waals surface area contributed by atoms with Gasteiger partial charge in [-0.25, -0.2) is 0 Å². The highest BCUT2D eigenvalue weighted by atomic mass is 16.5. The smallest absolute Gasteiger partial charge is 0.237 e. The number of rotatable bonds is 6. The number of amides is 1. The molecule has 0 radical (unpaired) electrons. The summed E-state index contributed by atoms with van der Waals surface area (Å²) >= 11 is 0. The molecule has 90 valence electrons. The van der Waals surface area contributed by atoms with Crippen LogP contribution in [0.5, 0.6) is 0 Å². The predicted octanol–water partition coefficient (Wildman–Crippen LogP) is 0.903. The van der Waals surface area contributed by atoms with E-state index in [4.69, 9.17) is 10.5 Å². The zero-order valence-electron chi connectivity index (χ0n) is 10.3. The number of methoxy groups -OCH3 is 1. The number of nitrogens with two attached hydrogens (primary N) is 1. The summed E-state index contributed by atoms with van der Waals surface area (Å²) < 4.78 is 4.86. The first kappa shape index (κ1) is 14.4. The second-order valence-corrected chi connectivity index (χ2v) is 4.99. The van der Waals surface area contributed by atoms with Crippen molar-refractivity contribution in [3.8, 4) is 0 Å². The molecule has 0 aliphatic carbocycles. The van der Waals surface area contributed by atoms with E-state index in [-0.39, 0.29) is 11.3 Å². The van der Waals surface area contributed by atoms with Gasteiger partial charge in [0.05, 0.1) is 6.04 Å². The van der Waals surface area contributed by atoms with Crippen molar-refractivity contribution in [3.05, 3.63) is 0 Å². The summed E-state index contributed by atoms with van der Waals surface area (Å²) in [6.07, 6.45) is 1.52. The summed E-state index contributed by atoms with van der Waals surface area (Å²) in [4.78, 5) is 11.4. The fourth-order valence-electron chi connectivity index (χ4n) is 1.07. The quantitative estimate of drug-likeness (QED) is 0.693. The molecule has 1 unspecified atom stereocenters. The van der Waals surface area contributed by atoms with Gasteiger partial charge in [-0.1, -0.05) is 20.8 Å². The Kier molecular flexibility index (Phi) is 6.52. The molecule has 0 bridgehead atoms. The molecule has 1 atom stereocenters. The van der Waals surface area contributed by atoms with Gasteiger partial charge in [0.15, 0.2) is 0 Å². The maximum atomic E-state index is 11.4. The van der Waals surface area contributed by atoms with Crippen LogP contribution in [0, 0.1) is 5.41 Å². The molecule has 0 aliphatic heterocycles. The highest BCUT2D eigenvalue weighted by molar-refractivity contribution is 5.81. The standard InChI is InChI=1S/C11H24N2O2/c1-11(2,3)6-7-13-10(14)9(12)5-8-15-4/h9H,5-8,12H2,1-4H3,(H,13,14). The maximum Gasteiger partial charge on any atom is 0.237 e. The normalized spacial score (nSPS) is 13.7. The molecule has 0 aromatic rings. The third-order valence-corrected chi connectivity index (χ3v) is 2.14. The summed E-state index contributed by atoms with van der Waals surface area (Å²) in [5, 5.41) is 2.83. The molecule has 1 amide bonds. The lowest BCUT2D eigenvalue weighted by atomic mass is 9.92. The van der Waals surface area contributed by atoms with Crippen LogP contribution >= 0.6 is 0 Å². The van der Waals surface area contributed by atoms with Gasteiger partial charge in [0.2, 0.25) is 5.91 Å². The second kappa shape index (κ2) is 6.80. The molecular weight excluding hydrogens is 192 g/mol. The van der Waals surface area contributed by atoms with Gasteiger partial charge >= 0.3 is 0 Å². The Morgan fingerprint density at radius 1 is 1.47 bits per heavy atom. The molecule has 0 heterocycles. The number of carbonyl (C=O) groups excluding carboxylic acids is 1. The van der Waals surface area contributed by atoms with E-state index in [2.05, 4.69) is 26.1 Å². The summed E-state index contributed by atoms with van der Waals surface area (Å²) in [7, 11) is 1.60. The molecule has 0 saturated carbocycles. The van der Waals surface area contributed by atoms with E-state index in [1.807, 2.05) is 0 Å². The van der Waals surface area contributed by atoms with Gasteiger partial charge in [0.1, 0.15) is 0 Å². The predicted molar refractivity (Wildman–Crippen MR) is 61.6 cm³/mol. The van der Waals surface area contributed by atoms with Crippen LogP contribution in [0.15, 0.2) is 0 Å². The molecule has 0 spiro atoms. The Morgan fingerprint density at radius 3 is 2.53 bits per heavy atom. The third kappa shape index (κ3) is 8.39. The molecule has 0 rings (SSSR count). The monoisotopic (exact) mass is 216 g/mol. The Morgan fingerprint density at radius 2 is 2.07 bits per heavy atom. The van der Waals surface area contributed by atoms with Crippen molar-refractivity contribution >= 4 is 5.91 Å². The molecule has 15 heavy (non-hydrogen) atoms. The van der Waals surface area contributed by atoms with Gasteiger partial charge in [0, 0.05) is 20.3 Å². The summed E-state index contributed by atoms with van der Waals surface area (Å²) in [5.74, 6) is -0.0868. The van der Waals surface area contributed by atoms with Crippen LogP contribution in [-0.4, -0.2) is 32.2 Å². The number of carbonyl (C=O) groups is 1. The van der Waals surface area contributed by atoms with Gasteiger partial charge in [-0.3, -0.25) is 4.79 Å². The molecule has 0 fully saturated rings. The molecule has 4 heteroatoms. The maximum absolute atomic E-state index is 11.4. The number of ether oxygens (including phenoxy) is 1. The van der Waals surface area contributed by atoms with Crippen LogP contribution in [0.4, 0.5) is 0 Å². The molecule has 0 aliphatic rings. The minimum atomic E-state index is -0.454. The first-order valence-corrected chi connectivity index (χ1v) is 5.39. The van der Waals surface area contributed by atoms with Gasteiger partial charge in [0.25, 0.3) is 0 Å². The Hall–Kier alpha value is -0.610. The lowest BCUT2D eigenvalue weighted by molar-refractivity contribution is -0.122. The third-order valence-electron chi connectivity index (χ3n) is 2.14. The van der Waals surface area contributed by atoms with E-state index in [0.717, 1.165) is 6.42 Å². The fourth-order valence-corrected chi connectivity index (χ4v) is 1.07. The molecule has 0 aromatic carbocycles. The highest BCUT2D eigenvalue weighted by Gasteiger charge is 2.14. The van der Waals surface area contributed by atoms with Crippen molar-refractivity contribution < 1.29 is 9.53 Å². The van der Waals surface area contributed by atoms with E-state index >= 15 is 0 Å². The first-order valence-electron chi connectivity index (χ1n) is 5.39. The van der Waals surface area contributed by atoms with Crippen LogP contribution in [0.25, 0.3) is 0 Å². The average Bonchev–Trinajstić information content (AvgIpc) is 2.11. The van der Waals surface area contributed by atoms with E-state index in [9.17, 15) is 4.79 Å². The Bertz CT molecular complexity index is 188. The lowest BCUT2D eigenvalue weighted by Crippen LogP contribution is -2.42. The molecule has 4 nitrogen and oxygen atoms in total. The van der Waals surface area contributed by atoms with Gasteiger partial charge in [-0.15, -0.1) is 0 Å². The lowest BCUT2D eigenvalue weighted by Gasteiger charge is -2.19. The SMILES string of the molecule is COCCC(N)C(=O)NCCC(C)(C)C. The van der Waals surface area contributed by atoms with E-state index in [0.29, 0.717) is 19.6 Å². The van der Waals surface area contributed by atoms with Gasteiger partial charge in [-0.2, -0.15) is 0 Å². The van der Waals surface area contributed by atoms with Crippen LogP contribution < -0.4 is 11.1 Å². The van der Waals surface area contributed by atoms with Crippen molar-refractivity contribution in [2.45, 2.75) is 39.7 Å². The van der Waals surface area contributed by atoms with Crippen LogP contribution in [0.3, 0.4) is 0 Å². The minimum Gasteiger partial charge on any atom is -0.385 e. The van der Waals surface area contributed by atoms with Crippen LogP contribution in [0.1, 0.15) is 33.6 Å². The van der Waals surface area contributed by atoms with Crippen LogP contribution in [0.2, 0.25) is 0 Å². The van der Waals surface area contributed by atoms with Crippen molar-refractivity contribution in [1.29, 1.82) is 0 Å². The fraction of sp³-hybridized carbons (Fsp3) is 0.909. The summed E-state index contributed by atoms with van der Waals surface area (Å²) in [5.41, 5.74) is 5.90. The molecule has 0 aromatic heterocycles. The van der Waals surface area contributed by atoms with Crippen molar-refractivity contribution in [2.75, 3.05) is 20.3 Å². The van der Waals surface area contributed by atoms with Gasteiger partial charge < -0.3 is 15.8 Å². The number of nitrogens with one attached hydrogen (secondary N) is 1. The van der Waals surface area contributed by atoms with Crippen molar-refractivity contribution in [1.82, 2.24) is 5.32 Å². The molecule has 0 saturated heterocycles. The summed E-state index contributed by atoms with van der Waals surface area (Å²) in [6, 6.07) is -0.454. The number of hydrogen-bond donors (Lipinski definition) is 2. The second-order valence-electron chi connectivity index (χ2n) is 4.99. The van der Waals surface area contributed by atoms with E-state index < -0.39 is 6.04 Å². The van der Waals surface area contributed by atoms with Gasteiger partial charge in [-0.05, 0) is 18.3 Å². The first-order chi connectivity index (χ1) is 6.87. The highest BCUT2D eigenvalue weighted by Crippen LogP contribution is 2.16. The van der Waals surface area contributed by atoms with Crippen molar-refractivity contribution in [2.24, 2.45) is 11.1 Å². The van der Waals surface area contributed by atoms with E-state index in [1.54, 1.807) is 7.11 Å². The zero-order chi connectivity index (χ0) is 11.9. The van der Waals surface area contributed by atoms with Crippen LogP contribution in [-0.2, 0) is 9.53 Å². The van der Waals surface area contributed by atoms with E-state index in [1.165, 1.54) is 0 Å². The molecular formula is C11H24N2O2. The molecule has 3 N–H and O–H groups in total. The van der Waals surface area contributed by atoms with Crippen molar-refractivity contribution in [3.63, 3.8) is 0 Å². The number of hydrogen-bond acceptors (Lipinski definition) is 3.